The second-order valence-electron chi connectivity index (χ2n) is 5.41. The first-order chi connectivity index (χ1) is 13.0. The number of rotatable bonds is 6. The molecule has 0 saturated carbocycles. The maximum atomic E-state index is 14.4. The molecule has 3 rings (SSSR count). The van der Waals surface area contributed by atoms with Gasteiger partial charge >= 0.3 is 0 Å². The van der Waals surface area contributed by atoms with E-state index in [0.29, 0.717) is 16.9 Å². The van der Waals surface area contributed by atoms with Crippen LogP contribution in [0.3, 0.4) is 0 Å². The molecule has 1 aromatic carbocycles. The molecule has 27 heavy (non-hydrogen) atoms. The van der Waals surface area contributed by atoms with E-state index in [-0.39, 0.29) is 28.2 Å². The van der Waals surface area contributed by atoms with Gasteiger partial charge in [-0.2, -0.15) is 4.39 Å². The van der Waals surface area contributed by atoms with Gasteiger partial charge in [0.15, 0.2) is 5.13 Å². The maximum Gasteiger partial charge on any atom is 0.259 e. The lowest BCUT2D eigenvalue weighted by molar-refractivity contribution is 0.0993. The van der Waals surface area contributed by atoms with Gasteiger partial charge < -0.3 is 5.32 Å². The van der Waals surface area contributed by atoms with Crippen LogP contribution >= 0.6 is 11.3 Å². The molecule has 0 aliphatic carbocycles. The minimum absolute atomic E-state index is 0.0785. The lowest BCUT2D eigenvalue weighted by atomic mass is 10.2. The monoisotopic (exact) mass is 393 g/mol. The standard InChI is InChI=1S/C17H14F3N5OS/c1-25(16(26)10-5-3-2-4-6-10)17-24-14(15(20)27-17)11-7-13(23-9-22-11)21-8-12(18)19/h2-7,9,12H,8H2,1H3,(H,21,22,23). The molecule has 6 nitrogen and oxygen atoms in total. The van der Waals surface area contributed by atoms with Crippen molar-refractivity contribution in [3.8, 4) is 11.4 Å². The van der Waals surface area contributed by atoms with Crippen LogP contribution < -0.4 is 10.2 Å². The van der Waals surface area contributed by atoms with E-state index in [1.807, 2.05) is 0 Å². The van der Waals surface area contributed by atoms with Gasteiger partial charge in [0.1, 0.15) is 17.8 Å². The van der Waals surface area contributed by atoms with Gasteiger partial charge in [-0.25, -0.2) is 23.7 Å². The molecular formula is C17H14F3N5OS. The van der Waals surface area contributed by atoms with E-state index >= 15 is 0 Å². The number of aromatic nitrogens is 3. The topological polar surface area (TPSA) is 71.0 Å². The quantitative estimate of drug-likeness (QED) is 0.692. The molecule has 0 radical (unpaired) electrons. The number of halogens is 3. The van der Waals surface area contributed by atoms with Crippen LogP contribution in [0.15, 0.2) is 42.7 Å². The summed E-state index contributed by atoms with van der Waals surface area (Å²) in [5.41, 5.74) is 0.491. The average molecular weight is 393 g/mol. The number of nitrogens with one attached hydrogen (secondary N) is 1. The van der Waals surface area contributed by atoms with Crippen LogP contribution in [-0.4, -0.2) is 40.9 Å². The number of carbonyl (C=O) groups excluding carboxylic acids is 1. The second-order valence-corrected chi connectivity index (χ2v) is 6.34. The summed E-state index contributed by atoms with van der Waals surface area (Å²) < 4.78 is 39.0. The van der Waals surface area contributed by atoms with Gasteiger partial charge in [0.25, 0.3) is 12.3 Å². The number of carbonyl (C=O) groups is 1. The summed E-state index contributed by atoms with van der Waals surface area (Å²) in [6, 6.07) is 9.85. The van der Waals surface area contributed by atoms with Gasteiger partial charge in [-0.05, 0) is 12.1 Å². The van der Waals surface area contributed by atoms with Crippen LogP contribution in [0.25, 0.3) is 11.4 Å². The summed E-state index contributed by atoms with van der Waals surface area (Å²) in [5.74, 6) is -0.208. The summed E-state index contributed by atoms with van der Waals surface area (Å²) in [6.07, 6.45) is -1.43. The number of nitrogens with zero attached hydrogens (tertiary/aromatic N) is 4. The van der Waals surface area contributed by atoms with Crippen molar-refractivity contribution in [3.63, 3.8) is 0 Å². The minimum Gasteiger partial charge on any atom is -0.364 e. The molecule has 0 aliphatic heterocycles. The highest BCUT2D eigenvalue weighted by molar-refractivity contribution is 7.14. The van der Waals surface area contributed by atoms with Crippen molar-refractivity contribution in [3.05, 3.63) is 53.4 Å². The Morgan fingerprint density at radius 1 is 1.26 bits per heavy atom. The van der Waals surface area contributed by atoms with Gasteiger partial charge in [-0.1, -0.05) is 29.5 Å². The number of hydrogen-bond donors (Lipinski definition) is 1. The fraction of sp³-hybridized carbons (Fsp3) is 0.176. The first-order valence-corrected chi connectivity index (χ1v) is 8.61. The fourth-order valence-corrected chi connectivity index (χ4v) is 2.98. The van der Waals surface area contributed by atoms with Crippen LogP contribution in [-0.2, 0) is 0 Å². The molecule has 140 valence electrons. The molecule has 0 bridgehead atoms. The Balaban J connectivity index is 1.84. The zero-order chi connectivity index (χ0) is 19.4. The molecular weight excluding hydrogens is 379 g/mol. The lowest BCUT2D eigenvalue weighted by Gasteiger charge is -2.13. The summed E-state index contributed by atoms with van der Waals surface area (Å²) >= 11 is 0.691. The van der Waals surface area contributed by atoms with E-state index in [0.717, 1.165) is 6.33 Å². The van der Waals surface area contributed by atoms with E-state index in [1.54, 1.807) is 30.3 Å². The Kier molecular flexibility index (Phi) is 5.65. The third kappa shape index (κ3) is 4.40. The average Bonchev–Trinajstić information content (AvgIpc) is 3.08. The number of hydrogen-bond acceptors (Lipinski definition) is 6. The number of benzene rings is 1. The normalized spacial score (nSPS) is 10.9. The van der Waals surface area contributed by atoms with Gasteiger partial charge in [-0.3, -0.25) is 9.69 Å². The van der Waals surface area contributed by atoms with E-state index in [4.69, 9.17) is 0 Å². The zero-order valence-electron chi connectivity index (χ0n) is 14.1. The van der Waals surface area contributed by atoms with Crippen molar-refractivity contribution in [1.82, 2.24) is 15.0 Å². The Hall–Kier alpha value is -3.01. The number of thiazole rings is 1. The van der Waals surface area contributed by atoms with E-state index in [1.165, 1.54) is 18.0 Å². The fourth-order valence-electron chi connectivity index (χ4n) is 2.22. The van der Waals surface area contributed by atoms with Crippen LogP contribution in [0.1, 0.15) is 10.4 Å². The largest absolute Gasteiger partial charge is 0.364 e. The Bertz CT molecular complexity index is 935. The molecule has 0 spiro atoms. The van der Waals surface area contributed by atoms with Crippen molar-refractivity contribution in [2.24, 2.45) is 0 Å². The van der Waals surface area contributed by atoms with Gasteiger partial charge in [-0.15, -0.1) is 0 Å². The van der Waals surface area contributed by atoms with E-state index < -0.39 is 18.1 Å². The lowest BCUT2D eigenvalue weighted by Crippen LogP contribution is -2.25. The molecule has 2 aromatic heterocycles. The highest BCUT2D eigenvalue weighted by atomic mass is 32.1. The Labute approximate surface area is 156 Å². The highest BCUT2D eigenvalue weighted by Gasteiger charge is 2.21. The number of alkyl halides is 2. The van der Waals surface area contributed by atoms with E-state index in [9.17, 15) is 18.0 Å². The van der Waals surface area contributed by atoms with Crippen LogP contribution in [0.5, 0.6) is 0 Å². The highest BCUT2D eigenvalue weighted by Crippen LogP contribution is 2.31. The summed E-state index contributed by atoms with van der Waals surface area (Å²) in [7, 11) is 1.49. The minimum atomic E-state index is -2.55. The predicted octanol–water partition coefficient (Wildman–Crippen LogP) is 3.69. The van der Waals surface area contributed by atoms with Crippen molar-refractivity contribution >= 4 is 28.2 Å². The van der Waals surface area contributed by atoms with Crippen molar-refractivity contribution < 1.29 is 18.0 Å². The molecule has 1 N–H and O–H groups in total. The Morgan fingerprint density at radius 3 is 2.70 bits per heavy atom. The zero-order valence-corrected chi connectivity index (χ0v) is 14.9. The van der Waals surface area contributed by atoms with Crippen LogP contribution in [0, 0.1) is 5.13 Å². The van der Waals surface area contributed by atoms with Crippen molar-refractivity contribution in [2.45, 2.75) is 6.43 Å². The third-order valence-electron chi connectivity index (χ3n) is 3.53. The molecule has 3 aromatic rings. The first kappa shape index (κ1) is 18.8. The number of anilines is 2. The molecule has 0 fully saturated rings. The van der Waals surface area contributed by atoms with Crippen LogP contribution in [0.4, 0.5) is 24.1 Å². The molecule has 2 heterocycles. The van der Waals surface area contributed by atoms with Gasteiger partial charge in [0.2, 0.25) is 5.13 Å². The molecule has 0 saturated heterocycles. The molecule has 10 heteroatoms. The summed E-state index contributed by atoms with van der Waals surface area (Å²) in [6.45, 7) is -0.588. The van der Waals surface area contributed by atoms with Crippen LogP contribution in [0.2, 0.25) is 0 Å². The SMILES string of the molecule is CN(C(=O)c1ccccc1)c1nc(-c2cc(NCC(F)F)ncn2)c(F)s1. The first-order valence-electron chi connectivity index (χ1n) is 7.79. The summed E-state index contributed by atoms with van der Waals surface area (Å²) in [4.78, 5) is 25.6. The smallest absolute Gasteiger partial charge is 0.259 e. The molecule has 0 aliphatic rings. The van der Waals surface area contributed by atoms with E-state index in [2.05, 4.69) is 20.3 Å². The molecule has 0 atom stereocenters. The summed E-state index contributed by atoms with van der Waals surface area (Å²) in [5, 5.41) is 1.94. The maximum absolute atomic E-state index is 14.4. The van der Waals surface area contributed by atoms with Crippen molar-refractivity contribution in [1.29, 1.82) is 0 Å². The van der Waals surface area contributed by atoms with Gasteiger partial charge in [0, 0.05) is 18.7 Å². The van der Waals surface area contributed by atoms with Crippen molar-refractivity contribution in [2.75, 3.05) is 23.8 Å². The molecule has 0 unspecified atom stereocenters. The Morgan fingerprint density at radius 2 is 2.00 bits per heavy atom. The van der Waals surface area contributed by atoms with Gasteiger partial charge in [0.05, 0.1) is 12.2 Å². The third-order valence-corrected chi connectivity index (χ3v) is 4.45. The molecule has 1 amide bonds. The number of amides is 1. The second kappa shape index (κ2) is 8.12. The predicted molar refractivity (Wildman–Crippen MR) is 96.8 cm³/mol.